The number of nitrogens with two attached hydrogens (primary N) is 1. The third-order valence-corrected chi connectivity index (χ3v) is 4.49. The van der Waals surface area contributed by atoms with E-state index in [0.717, 1.165) is 17.1 Å². The molecule has 2 aromatic rings. The number of ether oxygens (including phenoxy) is 1. The van der Waals surface area contributed by atoms with E-state index in [-0.39, 0.29) is 6.04 Å². The van der Waals surface area contributed by atoms with Crippen LogP contribution in [0.15, 0.2) is 47.4 Å². The van der Waals surface area contributed by atoms with Crippen LogP contribution in [0.5, 0.6) is 5.75 Å². The van der Waals surface area contributed by atoms with Crippen molar-refractivity contribution >= 4 is 11.8 Å². The van der Waals surface area contributed by atoms with E-state index in [0.29, 0.717) is 0 Å². The fourth-order valence-corrected chi connectivity index (χ4v) is 3.13. The summed E-state index contributed by atoms with van der Waals surface area (Å²) in [6.07, 6.45) is 0. The normalized spacial score (nSPS) is 12.2. The first-order chi connectivity index (χ1) is 9.61. The summed E-state index contributed by atoms with van der Waals surface area (Å²) < 4.78 is 5.34. The minimum atomic E-state index is 0.0322. The van der Waals surface area contributed by atoms with Crippen molar-refractivity contribution in [3.8, 4) is 5.75 Å². The molecule has 20 heavy (non-hydrogen) atoms. The topological polar surface area (TPSA) is 35.2 Å². The van der Waals surface area contributed by atoms with E-state index in [9.17, 15) is 0 Å². The molecule has 0 saturated heterocycles. The summed E-state index contributed by atoms with van der Waals surface area (Å²) in [5.41, 5.74) is 9.86. The van der Waals surface area contributed by atoms with Crippen LogP contribution in [-0.2, 0) is 0 Å². The van der Waals surface area contributed by atoms with Gasteiger partial charge in [0, 0.05) is 16.7 Å². The van der Waals surface area contributed by atoms with Gasteiger partial charge in [-0.05, 0) is 48.7 Å². The lowest BCUT2D eigenvalue weighted by atomic mass is 10.00. The molecule has 1 unspecified atom stereocenters. The van der Waals surface area contributed by atoms with Crippen molar-refractivity contribution in [1.29, 1.82) is 0 Å². The van der Waals surface area contributed by atoms with E-state index in [4.69, 9.17) is 10.5 Å². The van der Waals surface area contributed by atoms with E-state index in [1.807, 2.05) is 6.07 Å². The molecule has 2 nitrogen and oxygen atoms in total. The molecule has 1 atom stereocenters. The van der Waals surface area contributed by atoms with Crippen LogP contribution in [0.3, 0.4) is 0 Å². The van der Waals surface area contributed by atoms with Gasteiger partial charge in [-0.2, -0.15) is 0 Å². The molecule has 0 radical (unpaired) electrons. The molecular formula is C17H21NOS. The van der Waals surface area contributed by atoms with Crippen molar-refractivity contribution in [2.45, 2.75) is 24.8 Å². The Morgan fingerprint density at radius 3 is 2.45 bits per heavy atom. The Morgan fingerprint density at radius 1 is 1.10 bits per heavy atom. The zero-order chi connectivity index (χ0) is 14.5. The van der Waals surface area contributed by atoms with Crippen LogP contribution >= 0.6 is 11.8 Å². The molecule has 3 heteroatoms. The maximum absolute atomic E-state index is 6.34. The van der Waals surface area contributed by atoms with Crippen LogP contribution < -0.4 is 10.5 Å². The van der Waals surface area contributed by atoms with E-state index >= 15 is 0 Å². The second-order valence-corrected chi connectivity index (χ2v) is 6.00. The average Bonchev–Trinajstić information content (AvgIpc) is 2.47. The Labute approximate surface area is 125 Å². The monoisotopic (exact) mass is 287 g/mol. The highest BCUT2D eigenvalue weighted by Crippen LogP contribution is 2.29. The van der Waals surface area contributed by atoms with Crippen LogP contribution in [0.25, 0.3) is 0 Å². The van der Waals surface area contributed by atoms with Gasteiger partial charge in [0.05, 0.1) is 7.11 Å². The number of aryl methyl sites for hydroxylation is 2. The van der Waals surface area contributed by atoms with Crippen molar-refractivity contribution in [3.63, 3.8) is 0 Å². The first-order valence-electron chi connectivity index (χ1n) is 6.70. The summed E-state index contributed by atoms with van der Waals surface area (Å²) in [4.78, 5) is 1.26. The molecule has 2 N–H and O–H groups in total. The predicted octanol–water partition coefficient (Wildman–Crippen LogP) is 4.10. The van der Waals surface area contributed by atoms with Crippen LogP contribution in [0, 0.1) is 13.8 Å². The molecule has 2 rings (SSSR count). The summed E-state index contributed by atoms with van der Waals surface area (Å²) in [6, 6.07) is 14.6. The maximum atomic E-state index is 6.34. The lowest BCUT2D eigenvalue weighted by molar-refractivity contribution is 0.411. The lowest BCUT2D eigenvalue weighted by Gasteiger charge is -2.17. The molecule has 0 aromatic heterocycles. The van der Waals surface area contributed by atoms with Gasteiger partial charge in [0.15, 0.2) is 0 Å². The van der Waals surface area contributed by atoms with Crippen molar-refractivity contribution in [2.24, 2.45) is 5.73 Å². The summed E-state index contributed by atoms with van der Waals surface area (Å²) in [5.74, 6) is 1.80. The molecule has 0 aliphatic rings. The number of hydrogen-bond donors (Lipinski definition) is 1. The zero-order valence-corrected chi connectivity index (χ0v) is 13.0. The molecule has 0 heterocycles. The van der Waals surface area contributed by atoms with E-state index in [1.165, 1.54) is 16.0 Å². The molecule has 0 fully saturated rings. The maximum Gasteiger partial charge on any atom is 0.122 e. The number of hydrogen-bond acceptors (Lipinski definition) is 3. The molecule has 106 valence electrons. The highest BCUT2D eigenvalue weighted by atomic mass is 32.2. The second kappa shape index (κ2) is 6.82. The number of rotatable bonds is 5. The van der Waals surface area contributed by atoms with E-state index in [2.05, 4.69) is 50.2 Å². The second-order valence-electron chi connectivity index (χ2n) is 4.91. The first kappa shape index (κ1) is 14.9. The fourth-order valence-electron chi connectivity index (χ4n) is 2.22. The van der Waals surface area contributed by atoms with Gasteiger partial charge in [0.1, 0.15) is 5.75 Å². The average molecular weight is 287 g/mol. The van der Waals surface area contributed by atoms with Crippen molar-refractivity contribution in [3.05, 3.63) is 59.2 Å². The Morgan fingerprint density at radius 2 is 1.80 bits per heavy atom. The number of methoxy groups -OCH3 is 1. The quantitative estimate of drug-likeness (QED) is 0.841. The van der Waals surface area contributed by atoms with E-state index < -0.39 is 0 Å². The summed E-state index contributed by atoms with van der Waals surface area (Å²) in [5, 5.41) is 0. The highest BCUT2D eigenvalue weighted by Gasteiger charge is 2.12. The Bertz CT molecular complexity index is 569. The minimum absolute atomic E-state index is 0.0322. The van der Waals surface area contributed by atoms with Gasteiger partial charge in [0.25, 0.3) is 0 Å². The minimum Gasteiger partial charge on any atom is -0.496 e. The van der Waals surface area contributed by atoms with Gasteiger partial charge in [0.2, 0.25) is 0 Å². The van der Waals surface area contributed by atoms with Crippen LogP contribution in [0.4, 0.5) is 0 Å². The van der Waals surface area contributed by atoms with Gasteiger partial charge in [-0.1, -0.05) is 24.3 Å². The van der Waals surface area contributed by atoms with Crippen molar-refractivity contribution in [2.75, 3.05) is 12.9 Å². The van der Waals surface area contributed by atoms with Crippen LogP contribution in [-0.4, -0.2) is 12.9 Å². The summed E-state index contributed by atoms with van der Waals surface area (Å²) >= 11 is 1.79. The standard InChI is InChI=1S/C17H21NOS/c1-12-10-17(19-3)13(2)9-15(12)16(18)11-20-14-7-5-4-6-8-14/h4-10,16H,11,18H2,1-3H3. The Kier molecular flexibility index (Phi) is 5.10. The van der Waals surface area contributed by atoms with Crippen LogP contribution in [0.2, 0.25) is 0 Å². The Balaban J connectivity index is 2.09. The fraction of sp³-hybridized carbons (Fsp3) is 0.294. The molecule has 0 aliphatic carbocycles. The molecule has 0 aliphatic heterocycles. The molecule has 0 bridgehead atoms. The number of benzene rings is 2. The van der Waals surface area contributed by atoms with Crippen molar-refractivity contribution in [1.82, 2.24) is 0 Å². The third kappa shape index (κ3) is 3.56. The SMILES string of the molecule is COc1cc(C)c(C(N)CSc2ccccc2)cc1C. The van der Waals surface area contributed by atoms with E-state index in [1.54, 1.807) is 18.9 Å². The first-order valence-corrected chi connectivity index (χ1v) is 7.69. The lowest BCUT2D eigenvalue weighted by Crippen LogP contribution is -2.14. The van der Waals surface area contributed by atoms with Gasteiger partial charge in [-0.3, -0.25) is 0 Å². The largest absolute Gasteiger partial charge is 0.496 e. The highest BCUT2D eigenvalue weighted by molar-refractivity contribution is 7.99. The number of thioether (sulfide) groups is 1. The summed E-state index contributed by atoms with van der Waals surface area (Å²) in [7, 11) is 1.70. The molecule has 2 aromatic carbocycles. The molecule has 0 spiro atoms. The summed E-state index contributed by atoms with van der Waals surface area (Å²) in [6.45, 7) is 4.14. The van der Waals surface area contributed by atoms with Crippen LogP contribution in [0.1, 0.15) is 22.7 Å². The molecule has 0 saturated carbocycles. The Hall–Kier alpha value is -1.45. The molecular weight excluding hydrogens is 266 g/mol. The van der Waals surface area contributed by atoms with Crippen molar-refractivity contribution < 1.29 is 4.74 Å². The zero-order valence-electron chi connectivity index (χ0n) is 12.2. The smallest absolute Gasteiger partial charge is 0.122 e. The van der Waals surface area contributed by atoms with Gasteiger partial charge < -0.3 is 10.5 Å². The third-order valence-electron chi connectivity index (χ3n) is 3.36. The molecule has 0 amide bonds. The predicted molar refractivity (Wildman–Crippen MR) is 86.6 cm³/mol. The van der Waals surface area contributed by atoms with Gasteiger partial charge >= 0.3 is 0 Å². The van der Waals surface area contributed by atoms with Gasteiger partial charge in [-0.25, -0.2) is 0 Å². The van der Waals surface area contributed by atoms with Gasteiger partial charge in [-0.15, -0.1) is 11.8 Å².